The summed E-state index contributed by atoms with van der Waals surface area (Å²) in [6.45, 7) is 17.8. The van der Waals surface area contributed by atoms with E-state index in [1.165, 1.54) is 25.2 Å². The third-order valence-corrected chi connectivity index (χ3v) is 10.7. The molecule has 0 amide bonds. The van der Waals surface area contributed by atoms with E-state index in [1.54, 1.807) is 35.6 Å². The van der Waals surface area contributed by atoms with Crippen molar-refractivity contribution >= 4 is 29.1 Å². The minimum atomic E-state index is -0.367. The van der Waals surface area contributed by atoms with Crippen molar-refractivity contribution in [2.24, 2.45) is 23.7 Å². The molecule has 13 heteroatoms. The SMILES string of the molecule is C=C(C)c1nc(N2CC3CC3C2)ccc1Cn1cc(C(=O)OCC)cn1.CCOC(=O)c1cnn(Cc2ccc(N3CC4CC4C3)nc2C(C)CO)c1. The zero-order chi connectivity index (χ0) is 37.2. The Morgan fingerprint density at radius 1 is 0.792 bits per heavy atom. The fourth-order valence-electron chi connectivity index (χ4n) is 7.53. The number of fused-ring (bicyclic) bond motifs is 2. The normalized spacial score (nSPS) is 21.3. The molecule has 2 aliphatic heterocycles. The fraction of sp³-hybridized carbons (Fsp3) is 0.500. The first-order valence-corrected chi connectivity index (χ1v) is 18.8. The van der Waals surface area contributed by atoms with Gasteiger partial charge in [-0.25, -0.2) is 19.6 Å². The van der Waals surface area contributed by atoms with Gasteiger partial charge in [0.1, 0.15) is 11.6 Å². The minimum absolute atomic E-state index is 0.0435. The van der Waals surface area contributed by atoms with Gasteiger partial charge in [-0.15, -0.1) is 0 Å². The Labute approximate surface area is 310 Å². The average molecular weight is 723 g/mol. The molecule has 5 unspecified atom stereocenters. The Hall–Kier alpha value is -5.04. The molecule has 0 radical (unpaired) electrons. The molecule has 13 nitrogen and oxygen atoms in total. The standard InChI is InChI=1S/C20H26N4O3.C20H24N4O2/c1-3-27-20(26)17-7-21-24(11-17)10-14-4-5-18(22-19(14)13(2)12-25)23-8-15-6-16(15)9-23;1-4-26-20(25)17-8-21-24(12-17)11-14-5-6-18(22-19(14)13(2)3)23-9-15-7-16(15)10-23/h4-5,7,11,13,15-16,25H,3,6,8-10,12H2,1-2H3;5-6,8,12,15-16H,2,4,7,9-11H2,1,3H3. The van der Waals surface area contributed by atoms with E-state index in [0.29, 0.717) is 37.4 Å². The maximum Gasteiger partial charge on any atom is 0.341 e. The summed E-state index contributed by atoms with van der Waals surface area (Å²) in [5, 5.41) is 18.2. The van der Waals surface area contributed by atoms with Crippen LogP contribution in [0.5, 0.6) is 0 Å². The van der Waals surface area contributed by atoms with Crippen molar-refractivity contribution in [3.05, 3.63) is 89.3 Å². The minimum Gasteiger partial charge on any atom is -0.462 e. The highest BCUT2D eigenvalue weighted by atomic mass is 16.5. The fourth-order valence-corrected chi connectivity index (χ4v) is 7.53. The second kappa shape index (κ2) is 15.5. The van der Waals surface area contributed by atoms with Crippen LogP contribution in [0.15, 0.2) is 55.6 Å². The van der Waals surface area contributed by atoms with Crippen LogP contribution in [0.1, 0.15) is 89.7 Å². The summed E-state index contributed by atoms with van der Waals surface area (Å²) in [6, 6.07) is 8.31. The number of hydrogen-bond donors (Lipinski definition) is 1. The van der Waals surface area contributed by atoms with E-state index in [2.05, 4.69) is 50.8 Å². The topological polar surface area (TPSA) is 141 Å². The van der Waals surface area contributed by atoms with E-state index in [1.807, 2.05) is 13.8 Å². The van der Waals surface area contributed by atoms with Crippen molar-refractivity contribution < 1.29 is 24.2 Å². The summed E-state index contributed by atoms with van der Waals surface area (Å²) in [5.41, 5.74) is 5.69. The number of esters is 2. The maximum absolute atomic E-state index is 11.8. The molecule has 4 fully saturated rings. The molecule has 2 saturated carbocycles. The van der Waals surface area contributed by atoms with E-state index < -0.39 is 0 Å². The monoisotopic (exact) mass is 722 g/mol. The zero-order valence-electron chi connectivity index (χ0n) is 31.1. The van der Waals surface area contributed by atoms with Gasteiger partial charge in [-0.2, -0.15) is 10.2 Å². The molecule has 2 saturated heterocycles. The maximum atomic E-state index is 11.8. The first-order valence-electron chi connectivity index (χ1n) is 18.8. The quantitative estimate of drug-likeness (QED) is 0.186. The van der Waals surface area contributed by atoms with Crippen molar-refractivity contribution in [3.8, 4) is 0 Å². The predicted octanol–water partition coefficient (Wildman–Crippen LogP) is 5.05. The van der Waals surface area contributed by atoms with Crippen LogP contribution in [-0.4, -0.2) is 92.6 Å². The van der Waals surface area contributed by atoms with Crippen LogP contribution in [-0.2, 0) is 22.6 Å². The number of rotatable bonds is 13. The number of pyridine rings is 2. The molecule has 4 aromatic rings. The number of aromatic nitrogens is 6. The van der Waals surface area contributed by atoms with E-state index in [9.17, 15) is 14.7 Å². The number of nitrogens with zero attached hydrogens (tertiary/aromatic N) is 8. The molecule has 6 heterocycles. The lowest BCUT2D eigenvalue weighted by molar-refractivity contribution is 0.0516. The molecule has 4 aliphatic rings. The Morgan fingerprint density at radius 2 is 1.26 bits per heavy atom. The van der Waals surface area contributed by atoms with Gasteiger partial charge in [0.15, 0.2) is 0 Å². The van der Waals surface area contributed by atoms with Gasteiger partial charge in [0, 0.05) is 44.5 Å². The molecular weight excluding hydrogens is 672 g/mol. The summed E-state index contributed by atoms with van der Waals surface area (Å²) in [7, 11) is 0. The molecular formula is C40H50N8O5. The zero-order valence-corrected chi connectivity index (χ0v) is 31.1. The van der Waals surface area contributed by atoms with Gasteiger partial charge in [0.2, 0.25) is 0 Å². The second-order valence-corrected chi connectivity index (χ2v) is 14.9. The third kappa shape index (κ3) is 8.30. The largest absolute Gasteiger partial charge is 0.462 e. The number of anilines is 2. The summed E-state index contributed by atoms with van der Waals surface area (Å²) in [5.74, 6) is 4.68. The molecule has 8 rings (SSSR count). The molecule has 1 N–H and O–H groups in total. The van der Waals surface area contributed by atoms with Gasteiger partial charge in [-0.3, -0.25) is 9.36 Å². The molecule has 4 aromatic heterocycles. The number of allylic oxidation sites excluding steroid dienone is 1. The number of hydrogen-bond acceptors (Lipinski definition) is 11. The van der Waals surface area contributed by atoms with Gasteiger partial charge in [0.05, 0.1) is 67.8 Å². The first kappa shape index (κ1) is 36.3. The van der Waals surface area contributed by atoms with Gasteiger partial charge in [-0.05, 0) is 86.1 Å². The second-order valence-electron chi connectivity index (χ2n) is 14.9. The van der Waals surface area contributed by atoms with Crippen LogP contribution in [0, 0.1) is 23.7 Å². The van der Waals surface area contributed by atoms with Crippen LogP contribution in [0.3, 0.4) is 0 Å². The van der Waals surface area contributed by atoms with Crippen LogP contribution >= 0.6 is 0 Å². The lowest BCUT2D eigenvalue weighted by Gasteiger charge is -2.22. The number of piperidine rings is 2. The first-order chi connectivity index (χ1) is 25.6. The Kier molecular flexibility index (Phi) is 10.6. The lowest BCUT2D eigenvalue weighted by Crippen LogP contribution is -2.24. The van der Waals surface area contributed by atoms with Gasteiger partial charge < -0.3 is 24.4 Å². The summed E-state index contributed by atoms with van der Waals surface area (Å²) in [4.78, 5) is 38.1. The molecule has 0 spiro atoms. The highest BCUT2D eigenvalue weighted by Gasteiger charge is 2.46. The lowest BCUT2D eigenvalue weighted by atomic mass is 10.0. The molecule has 5 atom stereocenters. The van der Waals surface area contributed by atoms with E-state index >= 15 is 0 Å². The van der Waals surface area contributed by atoms with Crippen molar-refractivity contribution in [3.63, 3.8) is 0 Å². The van der Waals surface area contributed by atoms with E-state index in [4.69, 9.17) is 19.4 Å². The van der Waals surface area contributed by atoms with Crippen LogP contribution < -0.4 is 9.80 Å². The summed E-state index contributed by atoms with van der Waals surface area (Å²) < 4.78 is 13.5. The summed E-state index contributed by atoms with van der Waals surface area (Å²) in [6.07, 6.45) is 9.19. The average Bonchev–Trinajstić information content (AvgIpc) is 3.67. The Bertz CT molecular complexity index is 1950. The van der Waals surface area contributed by atoms with Crippen molar-refractivity contribution in [2.45, 2.75) is 59.5 Å². The van der Waals surface area contributed by atoms with Crippen LogP contribution in [0.2, 0.25) is 0 Å². The summed E-state index contributed by atoms with van der Waals surface area (Å²) >= 11 is 0. The van der Waals surface area contributed by atoms with Crippen molar-refractivity contribution in [1.29, 1.82) is 0 Å². The number of aliphatic hydroxyl groups is 1. The van der Waals surface area contributed by atoms with Gasteiger partial charge in [-0.1, -0.05) is 25.6 Å². The molecule has 280 valence electrons. The number of carbonyl (C=O) groups excluding carboxylic acids is 2. The number of ether oxygens (including phenoxy) is 2. The Balaban J connectivity index is 0.000000164. The molecule has 0 aromatic carbocycles. The molecule has 2 aliphatic carbocycles. The predicted molar refractivity (Wildman–Crippen MR) is 201 cm³/mol. The van der Waals surface area contributed by atoms with Crippen molar-refractivity contribution in [1.82, 2.24) is 29.5 Å². The molecule has 53 heavy (non-hydrogen) atoms. The Morgan fingerprint density at radius 3 is 1.74 bits per heavy atom. The van der Waals surface area contributed by atoms with E-state index in [0.717, 1.165) is 89.6 Å². The van der Waals surface area contributed by atoms with Crippen LogP contribution in [0.25, 0.3) is 5.57 Å². The molecule has 0 bridgehead atoms. The highest BCUT2D eigenvalue weighted by Crippen LogP contribution is 2.47. The van der Waals surface area contributed by atoms with Crippen molar-refractivity contribution in [2.75, 3.05) is 55.8 Å². The van der Waals surface area contributed by atoms with Crippen LogP contribution in [0.4, 0.5) is 11.6 Å². The third-order valence-electron chi connectivity index (χ3n) is 10.7. The smallest absolute Gasteiger partial charge is 0.341 e. The number of aliphatic hydroxyl groups excluding tert-OH is 1. The van der Waals surface area contributed by atoms with Gasteiger partial charge >= 0.3 is 11.9 Å². The number of carbonyl (C=O) groups is 2. The van der Waals surface area contributed by atoms with E-state index in [-0.39, 0.29) is 24.5 Å². The van der Waals surface area contributed by atoms with Gasteiger partial charge in [0.25, 0.3) is 0 Å². The highest BCUT2D eigenvalue weighted by molar-refractivity contribution is 5.89.